The summed E-state index contributed by atoms with van der Waals surface area (Å²) in [5.74, 6) is -0.765. The fraction of sp³-hybridized carbons (Fsp3) is 0.457. The van der Waals surface area contributed by atoms with E-state index in [1.165, 1.54) is 11.0 Å². The van der Waals surface area contributed by atoms with Crippen molar-refractivity contribution in [3.8, 4) is 0 Å². The molecule has 0 bridgehead atoms. The molecule has 4 atom stereocenters. The highest BCUT2D eigenvalue weighted by Crippen LogP contribution is 2.42. The van der Waals surface area contributed by atoms with Gasteiger partial charge in [0.05, 0.1) is 39.5 Å². The van der Waals surface area contributed by atoms with E-state index in [2.05, 4.69) is 15.0 Å². The highest BCUT2D eigenvalue weighted by Gasteiger charge is 2.42. The number of ether oxygens (including phenoxy) is 1. The Hall–Kier alpha value is -3.18. The fourth-order valence-electron chi connectivity index (χ4n) is 5.87. The molecule has 2 fully saturated rings. The number of carbonyl (C=O) groups excluding carboxylic acids is 2. The minimum Gasteiger partial charge on any atom is -0.380 e. The second kappa shape index (κ2) is 14.3. The lowest BCUT2D eigenvalue weighted by molar-refractivity contribution is -0.136. The fourth-order valence-corrected chi connectivity index (χ4v) is 6.96. The highest BCUT2D eigenvalue weighted by atomic mass is 35.5. The molecule has 5 rings (SSSR count). The first-order chi connectivity index (χ1) is 21.9. The monoisotopic (exact) mass is 668 g/mol. The molecule has 0 spiro atoms. The number of amides is 2. The topological polar surface area (TPSA) is 101 Å². The Balaban J connectivity index is 1.46. The van der Waals surface area contributed by atoms with E-state index in [1.54, 1.807) is 55.9 Å². The first-order valence-corrected chi connectivity index (χ1v) is 17.2. The summed E-state index contributed by atoms with van der Waals surface area (Å²) in [5, 5.41) is 3.35. The van der Waals surface area contributed by atoms with Crippen LogP contribution in [0.4, 0.5) is 10.1 Å². The molecule has 0 radical (unpaired) electrons. The maximum absolute atomic E-state index is 15.5. The van der Waals surface area contributed by atoms with Crippen LogP contribution in [0.2, 0.25) is 5.02 Å². The number of nitrogens with one attached hydrogen (secondary N) is 2. The number of likely N-dealkylation sites (tertiary alicyclic amines) is 1. The third-order valence-electron chi connectivity index (χ3n) is 8.83. The Kier molecular flexibility index (Phi) is 10.6. The van der Waals surface area contributed by atoms with E-state index in [4.69, 9.17) is 16.3 Å². The van der Waals surface area contributed by atoms with Crippen LogP contribution in [0.1, 0.15) is 69.6 Å². The van der Waals surface area contributed by atoms with Crippen LogP contribution in [0.3, 0.4) is 0 Å². The average molecular weight is 669 g/mol. The number of nitrogens with zero attached hydrogens (tertiary/aromatic N) is 2. The van der Waals surface area contributed by atoms with Crippen LogP contribution in [0.5, 0.6) is 0 Å². The van der Waals surface area contributed by atoms with Gasteiger partial charge in [0.15, 0.2) is 0 Å². The van der Waals surface area contributed by atoms with Crippen LogP contribution < -0.4 is 10.0 Å². The van der Waals surface area contributed by atoms with Gasteiger partial charge in [-0.2, -0.15) is 0 Å². The van der Waals surface area contributed by atoms with E-state index in [1.807, 2.05) is 32.9 Å². The smallest absolute Gasteiger partial charge is 0.247 e. The standard InChI is InChI=1S/C35H42ClFN4O4S/c1-34(2,3)46(44)40-35(16-13-23-5-6-23,25-14-17-38-18-15-25)26-9-12-29(37)30(20-26)39-33(43)31-21-28(45-4)22-41(31)32(42)19-24-7-10-27(36)11-8-24/h7-12,14-15,17-18,20,23,28,31,40H,5-6,13,16,19,21-22H2,1-4H3,(H,39,43)/t28-,31-,35?,46-/m1/s1. The van der Waals surface area contributed by atoms with Crippen molar-refractivity contribution >= 4 is 40.1 Å². The molecule has 2 amide bonds. The van der Waals surface area contributed by atoms with E-state index < -0.39 is 39.0 Å². The normalized spacial score (nSPS) is 20.3. The van der Waals surface area contributed by atoms with Gasteiger partial charge in [-0.15, -0.1) is 0 Å². The quantitative estimate of drug-likeness (QED) is 0.241. The lowest BCUT2D eigenvalue weighted by Gasteiger charge is -2.38. The number of hydrogen-bond acceptors (Lipinski definition) is 5. The summed E-state index contributed by atoms with van der Waals surface area (Å²) in [6.45, 7) is 5.96. The van der Waals surface area contributed by atoms with Crippen molar-refractivity contribution in [3.05, 3.63) is 94.5 Å². The van der Waals surface area contributed by atoms with Gasteiger partial charge in [0.1, 0.15) is 11.9 Å². The van der Waals surface area contributed by atoms with Gasteiger partial charge < -0.3 is 15.0 Å². The molecule has 8 nitrogen and oxygen atoms in total. The largest absolute Gasteiger partial charge is 0.380 e. The predicted octanol–water partition coefficient (Wildman–Crippen LogP) is 6.16. The second-order valence-electron chi connectivity index (χ2n) is 13.2. The van der Waals surface area contributed by atoms with Crippen molar-refractivity contribution < 1.29 is 22.9 Å². The molecule has 1 unspecified atom stereocenters. The summed E-state index contributed by atoms with van der Waals surface area (Å²) < 4.78 is 37.6. The second-order valence-corrected chi connectivity index (χ2v) is 15.7. The molecular formula is C35H42ClFN4O4S. The van der Waals surface area contributed by atoms with Crippen LogP contribution in [0, 0.1) is 11.7 Å². The zero-order valence-corrected chi connectivity index (χ0v) is 28.3. The van der Waals surface area contributed by atoms with E-state index in [-0.39, 0.29) is 37.1 Å². The molecule has 1 aliphatic heterocycles. The first-order valence-electron chi connectivity index (χ1n) is 15.7. The van der Waals surface area contributed by atoms with Gasteiger partial charge in [0.2, 0.25) is 11.8 Å². The summed E-state index contributed by atoms with van der Waals surface area (Å²) in [5.41, 5.74) is 1.34. The molecule has 1 aromatic heterocycles. The summed E-state index contributed by atoms with van der Waals surface area (Å²) in [6.07, 6.45) is 7.23. The van der Waals surface area contributed by atoms with Gasteiger partial charge >= 0.3 is 0 Å². The first kappa shape index (κ1) is 34.2. The molecule has 2 aliphatic rings. The van der Waals surface area contributed by atoms with Gasteiger partial charge in [0.25, 0.3) is 0 Å². The number of hydrogen-bond donors (Lipinski definition) is 2. The average Bonchev–Trinajstić information content (AvgIpc) is 3.76. The molecular weight excluding hydrogens is 627 g/mol. The molecule has 1 aliphatic carbocycles. The third-order valence-corrected chi connectivity index (χ3v) is 10.7. The number of rotatable bonds is 12. The highest BCUT2D eigenvalue weighted by molar-refractivity contribution is 7.84. The molecule has 3 aromatic rings. The molecule has 2 aromatic carbocycles. The zero-order valence-electron chi connectivity index (χ0n) is 26.7. The SMILES string of the molecule is CO[C@@H]1C[C@H](C(=O)Nc2cc(C(CCC3CC3)(N[S@](=O)C(C)(C)C)c3ccncc3)ccc2F)N(C(=O)Cc2ccc(Cl)cc2)C1. The van der Waals surface area contributed by atoms with Crippen LogP contribution in [-0.4, -0.2) is 56.5 Å². The number of pyridine rings is 1. The number of halogens is 2. The van der Waals surface area contributed by atoms with Crippen molar-refractivity contribution in [2.24, 2.45) is 5.92 Å². The number of carbonyl (C=O) groups is 2. The van der Waals surface area contributed by atoms with Gasteiger partial charge in [-0.1, -0.05) is 42.6 Å². The van der Waals surface area contributed by atoms with Gasteiger partial charge in [-0.05, 0) is 92.6 Å². The maximum Gasteiger partial charge on any atom is 0.247 e. The van der Waals surface area contributed by atoms with Crippen molar-refractivity contribution in [1.82, 2.24) is 14.6 Å². The summed E-state index contributed by atoms with van der Waals surface area (Å²) in [6, 6.07) is 14.5. The number of methoxy groups -OCH3 is 1. The number of anilines is 1. The van der Waals surface area contributed by atoms with Crippen LogP contribution in [0.15, 0.2) is 67.0 Å². The Labute approximate surface area is 278 Å². The van der Waals surface area contributed by atoms with Crippen molar-refractivity contribution in [1.29, 1.82) is 0 Å². The molecule has 2 heterocycles. The Morgan fingerprint density at radius 2 is 1.76 bits per heavy atom. The van der Waals surface area contributed by atoms with Crippen LogP contribution >= 0.6 is 11.6 Å². The van der Waals surface area contributed by atoms with E-state index >= 15 is 4.39 Å². The number of benzene rings is 2. The van der Waals surface area contributed by atoms with Gasteiger partial charge in [0, 0.05) is 37.5 Å². The zero-order chi connectivity index (χ0) is 33.1. The predicted molar refractivity (Wildman–Crippen MR) is 179 cm³/mol. The molecule has 11 heteroatoms. The van der Waals surface area contributed by atoms with Gasteiger partial charge in [-0.3, -0.25) is 14.6 Å². The van der Waals surface area contributed by atoms with Crippen LogP contribution in [-0.2, 0) is 37.3 Å². The van der Waals surface area contributed by atoms with E-state index in [9.17, 15) is 13.8 Å². The summed E-state index contributed by atoms with van der Waals surface area (Å²) >= 11 is 6.00. The third kappa shape index (κ3) is 8.02. The molecule has 46 heavy (non-hydrogen) atoms. The van der Waals surface area contributed by atoms with E-state index in [0.717, 1.165) is 30.4 Å². The summed E-state index contributed by atoms with van der Waals surface area (Å²) in [4.78, 5) is 32.9. The summed E-state index contributed by atoms with van der Waals surface area (Å²) in [7, 11) is 0.0693. The number of aromatic nitrogens is 1. The minimum atomic E-state index is -1.48. The van der Waals surface area contributed by atoms with Gasteiger partial charge in [-0.25, -0.2) is 13.3 Å². The lowest BCUT2D eigenvalue weighted by Crippen LogP contribution is -2.49. The maximum atomic E-state index is 15.5. The molecule has 1 saturated carbocycles. The Bertz CT molecular complexity index is 1570. The Morgan fingerprint density at radius 3 is 2.39 bits per heavy atom. The van der Waals surface area contributed by atoms with Crippen molar-refractivity contribution in [2.45, 2.75) is 81.7 Å². The molecule has 2 N–H and O–H groups in total. The Morgan fingerprint density at radius 1 is 1.07 bits per heavy atom. The van der Waals surface area contributed by atoms with Crippen molar-refractivity contribution in [2.75, 3.05) is 19.0 Å². The lowest BCUT2D eigenvalue weighted by atomic mass is 9.79. The molecule has 246 valence electrons. The van der Waals surface area contributed by atoms with E-state index in [0.29, 0.717) is 22.9 Å². The minimum absolute atomic E-state index is 0.0124. The molecule has 1 saturated heterocycles. The van der Waals surface area contributed by atoms with Crippen LogP contribution in [0.25, 0.3) is 0 Å². The van der Waals surface area contributed by atoms with Crippen molar-refractivity contribution in [3.63, 3.8) is 0 Å².